The molecule has 0 amide bonds. The number of rotatable bonds is 9. The van der Waals surface area contributed by atoms with Crippen molar-refractivity contribution in [2.75, 3.05) is 19.7 Å². The van der Waals surface area contributed by atoms with Crippen molar-refractivity contribution in [1.82, 2.24) is 9.03 Å². The molecule has 10 heteroatoms. The lowest BCUT2D eigenvalue weighted by molar-refractivity contribution is 0.0849. The van der Waals surface area contributed by atoms with Crippen molar-refractivity contribution in [3.63, 3.8) is 0 Å². The van der Waals surface area contributed by atoms with Gasteiger partial charge >= 0.3 is 0 Å². The summed E-state index contributed by atoms with van der Waals surface area (Å²) in [5.41, 5.74) is -0.125. The van der Waals surface area contributed by atoms with Crippen LogP contribution < -0.4 is 4.72 Å². The smallest absolute Gasteiger partial charge is 0.279 e. The number of unbranched alkanes of at least 4 members (excludes halogenated alkanes) is 1. The molecule has 0 aliphatic carbocycles. The topological polar surface area (TPSA) is 58.6 Å². The van der Waals surface area contributed by atoms with Crippen LogP contribution in [0, 0.1) is 17.5 Å². The molecular formula is C16H23F3N2O3S2. The molecule has 5 nitrogen and oxygen atoms in total. The molecule has 1 fully saturated rings. The van der Waals surface area contributed by atoms with Gasteiger partial charge in [0.25, 0.3) is 10.2 Å². The number of hydrogen-bond donors (Lipinski definition) is 2. The third kappa shape index (κ3) is 5.59. The third-order valence-electron chi connectivity index (χ3n) is 4.12. The first-order chi connectivity index (χ1) is 12.2. The van der Waals surface area contributed by atoms with Crippen molar-refractivity contribution in [2.24, 2.45) is 0 Å². The van der Waals surface area contributed by atoms with Gasteiger partial charge < -0.3 is 4.74 Å². The molecule has 2 rings (SSSR count). The summed E-state index contributed by atoms with van der Waals surface area (Å²) in [4.78, 5) is 0. The Hall–Kier alpha value is -0.810. The van der Waals surface area contributed by atoms with Crippen molar-refractivity contribution in [2.45, 2.75) is 44.1 Å². The van der Waals surface area contributed by atoms with E-state index in [2.05, 4.69) is 17.4 Å². The van der Waals surface area contributed by atoms with Gasteiger partial charge in [-0.25, -0.2) is 17.9 Å². The average Bonchev–Trinajstić information content (AvgIpc) is 2.94. The van der Waals surface area contributed by atoms with E-state index in [9.17, 15) is 21.6 Å². The van der Waals surface area contributed by atoms with Crippen LogP contribution >= 0.6 is 12.6 Å². The number of nitrogens with zero attached hydrogens (tertiary/aromatic N) is 1. The molecule has 0 aromatic heterocycles. The number of hydrogen-bond acceptors (Lipinski definition) is 4. The van der Waals surface area contributed by atoms with Gasteiger partial charge in [0.05, 0.1) is 19.3 Å². The maximum absolute atomic E-state index is 13.6. The first-order valence-corrected chi connectivity index (χ1v) is 10.4. The molecular weight excluding hydrogens is 389 g/mol. The highest BCUT2D eigenvalue weighted by atomic mass is 32.2. The fraction of sp³-hybridized carbons (Fsp3) is 0.625. The zero-order valence-corrected chi connectivity index (χ0v) is 16.1. The Kier molecular flexibility index (Phi) is 7.77. The van der Waals surface area contributed by atoms with E-state index in [0.29, 0.717) is 19.0 Å². The normalized spacial score (nSPS) is 21.4. The van der Waals surface area contributed by atoms with Gasteiger partial charge in [0.2, 0.25) is 0 Å². The summed E-state index contributed by atoms with van der Waals surface area (Å²) in [6, 6.07) is 0.744. The van der Waals surface area contributed by atoms with Gasteiger partial charge in [-0.3, -0.25) is 0 Å². The highest BCUT2D eigenvalue weighted by molar-refractivity contribution is 7.87. The van der Waals surface area contributed by atoms with E-state index >= 15 is 0 Å². The largest absolute Gasteiger partial charge is 0.375 e. The fourth-order valence-corrected chi connectivity index (χ4v) is 4.76. The Bertz CT molecular complexity index is 719. The summed E-state index contributed by atoms with van der Waals surface area (Å²) >= 11 is 4.34. The average molecular weight is 412 g/mol. The van der Waals surface area contributed by atoms with Gasteiger partial charge in [-0.1, -0.05) is 13.3 Å². The van der Waals surface area contributed by atoms with Gasteiger partial charge in [0, 0.05) is 30.0 Å². The number of nitrogens with one attached hydrogen (secondary N) is 1. The Balaban J connectivity index is 1.96. The van der Waals surface area contributed by atoms with Gasteiger partial charge in [-0.15, -0.1) is 0 Å². The molecule has 148 valence electrons. The Morgan fingerprint density at radius 3 is 2.65 bits per heavy atom. The lowest BCUT2D eigenvalue weighted by atomic mass is 10.2. The highest BCUT2D eigenvalue weighted by Crippen LogP contribution is 2.25. The Morgan fingerprint density at radius 2 is 1.96 bits per heavy atom. The summed E-state index contributed by atoms with van der Waals surface area (Å²) in [6.07, 6.45) is 2.08. The monoisotopic (exact) mass is 412 g/mol. The molecule has 1 N–H and O–H groups in total. The van der Waals surface area contributed by atoms with Crippen molar-refractivity contribution in [1.29, 1.82) is 0 Å². The second-order valence-corrected chi connectivity index (χ2v) is 8.68. The second kappa shape index (κ2) is 9.41. The zero-order chi connectivity index (χ0) is 19.3. The molecule has 1 saturated heterocycles. The molecule has 2 unspecified atom stereocenters. The van der Waals surface area contributed by atoms with E-state index in [-0.39, 0.29) is 30.6 Å². The number of thiol groups is 1. The molecule has 1 aromatic rings. The summed E-state index contributed by atoms with van der Waals surface area (Å²) in [6.45, 7) is 2.28. The highest BCUT2D eigenvalue weighted by Gasteiger charge is 2.38. The van der Waals surface area contributed by atoms with Crippen LogP contribution in [0.2, 0.25) is 0 Å². The van der Waals surface area contributed by atoms with Crippen molar-refractivity contribution in [3.05, 3.63) is 35.1 Å². The van der Waals surface area contributed by atoms with E-state index in [1.807, 2.05) is 6.92 Å². The van der Waals surface area contributed by atoms with Crippen LogP contribution in [0.3, 0.4) is 0 Å². The quantitative estimate of drug-likeness (QED) is 0.372. The maximum Gasteiger partial charge on any atom is 0.279 e. The van der Waals surface area contributed by atoms with Gasteiger partial charge in [-0.05, 0) is 18.9 Å². The molecule has 1 aromatic carbocycles. The van der Waals surface area contributed by atoms with Gasteiger partial charge in [0.1, 0.15) is 5.82 Å². The minimum atomic E-state index is -3.66. The van der Waals surface area contributed by atoms with Crippen LogP contribution in [0.5, 0.6) is 0 Å². The minimum absolute atomic E-state index is 0.00415. The molecule has 0 bridgehead atoms. The molecule has 1 heterocycles. The summed E-state index contributed by atoms with van der Waals surface area (Å²) in [7, 11) is -3.66. The van der Waals surface area contributed by atoms with Crippen molar-refractivity contribution < 1.29 is 26.3 Å². The minimum Gasteiger partial charge on any atom is -0.375 e. The van der Waals surface area contributed by atoms with Crippen LogP contribution in [0.25, 0.3) is 0 Å². The third-order valence-corrected chi connectivity index (χ3v) is 6.13. The Morgan fingerprint density at radius 1 is 1.27 bits per heavy atom. The number of halogens is 3. The van der Waals surface area contributed by atoms with E-state index in [1.54, 1.807) is 0 Å². The summed E-state index contributed by atoms with van der Waals surface area (Å²) < 4.78 is 73.8. The molecule has 0 spiro atoms. The van der Waals surface area contributed by atoms with Gasteiger partial charge in [-0.2, -0.15) is 25.4 Å². The first kappa shape index (κ1) is 21.5. The molecule has 0 radical (unpaired) electrons. The van der Waals surface area contributed by atoms with Crippen LogP contribution in [0.15, 0.2) is 12.1 Å². The predicted octanol–water partition coefficient (Wildman–Crippen LogP) is 2.63. The molecule has 1 aliphatic heterocycles. The SMILES string of the molecule is CCCCNS(=O)(=O)N1CC(S)CC1COCc1cc(F)c(F)cc1F. The predicted molar refractivity (Wildman–Crippen MR) is 95.7 cm³/mol. The van der Waals surface area contributed by atoms with Crippen LogP contribution in [-0.2, 0) is 21.6 Å². The molecule has 0 saturated carbocycles. The summed E-state index contributed by atoms with van der Waals surface area (Å²) in [5.74, 6) is -3.34. The Labute approximate surface area is 157 Å². The lowest BCUT2D eigenvalue weighted by Gasteiger charge is -2.24. The van der Waals surface area contributed by atoms with E-state index < -0.39 is 33.7 Å². The number of benzene rings is 1. The lowest BCUT2D eigenvalue weighted by Crippen LogP contribution is -2.45. The van der Waals surface area contributed by atoms with Crippen LogP contribution in [0.4, 0.5) is 13.2 Å². The summed E-state index contributed by atoms with van der Waals surface area (Å²) in [5, 5.41) is -0.133. The van der Waals surface area contributed by atoms with Gasteiger partial charge in [0.15, 0.2) is 11.6 Å². The van der Waals surface area contributed by atoms with Crippen LogP contribution in [-0.4, -0.2) is 43.7 Å². The molecule has 26 heavy (non-hydrogen) atoms. The van der Waals surface area contributed by atoms with Crippen LogP contribution in [0.1, 0.15) is 31.7 Å². The fourth-order valence-electron chi connectivity index (χ4n) is 2.75. The second-order valence-electron chi connectivity index (χ2n) is 6.24. The van der Waals surface area contributed by atoms with E-state index in [1.165, 1.54) is 4.31 Å². The van der Waals surface area contributed by atoms with Crippen molar-refractivity contribution in [3.8, 4) is 0 Å². The maximum atomic E-state index is 13.6. The standard InChI is InChI=1S/C16H23F3N2O3S2/c1-2-3-4-20-26(22,23)21-8-13(25)6-12(21)10-24-9-11-5-15(18)16(19)7-14(11)17/h5,7,12-13,20,25H,2-4,6,8-10H2,1H3. The number of ether oxygens (including phenoxy) is 1. The van der Waals surface area contributed by atoms with E-state index in [0.717, 1.165) is 18.9 Å². The molecule has 2 atom stereocenters. The van der Waals surface area contributed by atoms with Crippen molar-refractivity contribution >= 4 is 22.8 Å². The van der Waals surface area contributed by atoms with E-state index in [4.69, 9.17) is 4.74 Å². The first-order valence-electron chi connectivity index (χ1n) is 8.40. The molecule has 1 aliphatic rings. The zero-order valence-electron chi connectivity index (χ0n) is 14.4.